The molecule has 1 aromatic rings. The van der Waals surface area contributed by atoms with Crippen LogP contribution in [-0.2, 0) is 10.0 Å². The molecule has 1 fully saturated rings. The molecule has 0 spiro atoms. The molecule has 106 valence electrons. The van der Waals surface area contributed by atoms with Crippen molar-refractivity contribution in [2.24, 2.45) is 0 Å². The van der Waals surface area contributed by atoms with Gasteiger partial charge in [0.15, 0.2) is 0 Å². The Morgan fingerprint density at radius 1 is 1.37 bits per heavy atom. The van der Waals surface area contributed by atoms with Crippen molar-refractivity contribution in [3.05, 3.63) is 24.0 Å². The summed E-state index contributed by atoms with van der Waals surface area (Å²) >= 11 is 0. The quantitative estimate of drug-likeness (QED) is 0.815. The van der Waals surface area contributed by atoms with Crippen LogP contribution in [-0.4, -0.2) is 50.3 Å². The number of nitrogens with two attached hydrogens (primary N) is 1. The maximum absolute atomic E-state index is 13.1. The van der Waals surface area contributed by atoms with E-state index in [0.717, 1.165) is 6.07 Å². The van der Waals surface area contributed by atoms with Gasteiger partial charge in [-0.15, -0.1) is 0 Å². The van der Waals surface area contributed by atoms with Gasteiger partial charge in [0, 0.05) is 25.7 Å². The Kier molecular flexibility index (Phi) is 3.80. The maximum atomic E-state index is 13.1. The molecule has 19 heavy (non-hydrogen) atoms. The second kappa shape index (κ2) is 5.07. The number of piperazine rings is 1. The molecule has 0 bridgehead atoms. The van der Waals surface area contributed by atoms with Gasteiger partial charge in [0.2, 0.25) is 10.0 Å². The molecule has 1 unspecified atom stereocenters. The molecular weight excluding hydrogens is 269 g/mol. The maximum Gasteiger partial charge on any atom is 0.243 e. The first-order chi connectivity index (χ1) is 8.82. The topological polar surface area (TPSA) is 66.6 Å². The first kappa shape index (κ1) is 14.2. The molecule has 2 rings (SSSR count). The van der Waals surface area contributed by atoms with Gasteiger partial charge in [-0.1, -0.05) is 0 Å². The summed E-state index contributed by atoms with van der Waals surface area (Å²) in [5, 5.41) is 0. The van der Waals surface area contributed by atoms with Gasteiger partial charge in [-0.2, -0.15) is 4.31 Å². The van der Waals surface area contributed by atoms with Crippen LogP contribution in [0.25, 0.3) is 0 Å². The van der Waals surface area contributed by atoms with Crippen LogP contribution in [0.5, 0.6) is 0 Å². The highest BCUT2D eigenvalue weighted by molar-refractivity contribution is 7.89. The highest BCUT2D eigenvalue weighted by Gasteiger charge is 2.32. The molecule has 2 N–H and O–H groups in total. The number of halogens is 1. The standard InChI is InChI=1S/C12H18FN3O2S/c1-9-8-15(2)5-6-16(9)19(17,18)10-3-4-11(13)12(14)7-10/h3-4,7,9H,5-6,8,14H2,1-2H3. The molecule has 0 aromatic heterocycles. The summed E-state index contributed by atoms with van der Waals surface area (Å²) in [4.78, 5) is 2.12. The minimum Gasteiger partial charge on any atom is -0.396 e. The van der Waals surface area contributed by atoms with Crippen molar-refractivity contribution >= 4 is 15.7 Å². The number of hydrogen-bond donors (Lipinski definition) is 1. The summed E-state index contributed by atoms with van der Waals surface area (Å²) in [5.41, 5.74) is 5.29. The van der Waals surface area contributed by atoms with Gasteiger partial charge in [0.25, 0.3) is 0 Å². The van der Waals surface area contributed by atoms with E-state index in [1.54, 1.807) is 0 Å². The third kappa shape index (κ3) is 2.72. The third-order valence-electron chi connectivity index (χ3n) is 3.34. The van der Waals surface area contributed by atoms with Crippen LogP contribution in [0.1, 0.15) is 6.92 Å². The number of nitrogen functional groups attached to an aromatic ring is 1. The highest BCUT2D eigenvalue weighted by Crippen LogP contribution is 2.23. The van der Waals surface area contributed by atoms with Crippen molar-refractivity contribution in [1.29, 1.82) is 0 Å². The van der Waals surface area contributed by atoms with Crippen molar-refractivity contribution < 1.29 is 12.8 Å². The van der Waals surface area contributed by atoms with Gasteiger partial charge in [0.1, 0.15) is 5.82 Å². The zero-order valence-electron chi connectivity index (χ0n) is 11.0. The van der Waals surface area contributed by atoms with E-state index >= 15 is 0 Å². The van der Waals surface area contributed by atoms with Crippen molar-refractivity contribution in [2.45, 2.75) is 17.9 Å². The fraction of sp³-hybridized carbons (Fsp3) is 0.500. The SMILES string of the molecule is CC1CN(C)CCN1S(=O)(=O)c1ccc(F)c(N)c1. The normalized spacial score (nSPS) is 22.6. The molecule has 0 aliphatic carbocycles. The molecule has 7 heteroatoms. The Bertz CT molecular complexity index is 576. The average Bonchev–Trinajstić information content (AvgIpc) is 2.32. The Morgan fingerprint density at radius 2 is 2.05 bits per heavy atom. The number of hydrogen-bond acceptors (Lipinski definition) is 4. The molecule has 1 aromatic carbocycles. The fourth-order valence-electron chi connectivity index (χ4n) is 2.30. The van der Waals surface area contributed by atoms with E-state index < -0.39 is 15.8 Å². The Balaban J connectivity index is 2.34. The molecule has 0 radical (unpaired) electrons. The molecule has 1 saturated heterocycles. The predicted octanol–water partition coefficient (Wildman–Crippen LogP) is 0.733. The zero-order chi connectivity index (χ0) is 14.2. The van der Waals surface area contributed by atoms with Gasteiger partial charge in [-0.3, -0.25) is 0 Å². The van der Waals surface area contributed by atoms with Crippen LogP contribution in [0, 0.1) is 5.82 Å². The van der Waals surface area contributed by atoms with Crippen LogP contribution < -0.4 is 5.73 Å². The zero-order valence-corrected chi connectivity index (χ0v) is 11.8. The molecular formula is C12H18FN3O2S. The lowest BCUT2D eigenvalue weighted by atomic mass is 10.2. The molecule has 0 saturated carbocycles. The molecule has 1 aliphatic heterocycles. The third-order valence-corrected chi connectivity index (χ3v) is 5.35. The van der Waals surface area contributed by atoms with Crippen LogP contribution in [0.4, 0.5) is 10.1 Å². The molecule has 5 nitrogen and oxygen atoms in total. The van der Waals surface area contributed by atoms with Crippen molar-refractivity contribution in [3.63, 3.8) is 0 Å². The van der Waals surface area contributed by atoms with E-state index in [1.807, 2.05) is 14.0 Å². The van der Waals surface area contributed by atoms with E-state index in [0.29, 0.717) is 19.6 Å². The number of benzene rings is 1. The largest absolute Gasteiger partial charge is 0.396 e. The van der Waals surface area contributed by atoms with E-state index in [4.69, 9.17) is 5.73 Å². The Labute approximate surface area is 112 Å². The number of anilines is 1. The van der Waals surface area contributed by atoms with Crippen LogP contribution in [0.2, 0.25) is 0 Å². The molecule has 0 amide bonds. The van der Waals surface area contributed by atoms with Crippen molar-refractivity contribution in [3.8, 4) is 0 Å². The number of rotatable bonds is 2. The number of sulfonamides is 1. The van der Waals surface area contributed by atoms with E-state index in [2.05, 4.69) is 4.90 Å². The summed E-state index contributed by atoms with van der Waals surface area (Å²) in [6.45, 7) is 3.65. The number of nitrogens with zero attached hydrogens (tertiary/aromatic N) is 2. The summed E-state index contributed by atoms with van der Waals surface area (Å²) in [7, 11) is -1.66. The van der Waals surface area contributed by atoms with Gasteiger partial charge < -0.3 is 10.6 Å². The molecule has 1 aliphatic rings. The van der Waals surface area contributed by atoms with E-state index in [9.17, 15) is 12.8 Å². The summed E-state index contributed by atoms with van der Waals surface area (Å²) < 4.78 is 39.6. The van der Waals surface area contributed by atoms with Gasteiger partial charge in [0.05, 0.1) is 10.6 Å². The van der Waals surface area contributed by atoms with Crippen LogP contribution >= 0.6 is 0 Å². The monoisotopic (exact) mass is 287 g/mol. The summed E-state index contributed by atoms with van der Waals surface area (Å²) in [5.74, 6) is -0.606. The minimum atomic E-state index is -3.61. The van der Waals surface area contributed by atoms with Gasteiger partial charge in [-0.25, -0.2) is 12.8 Å². The Hall–Kier alpha value is -1.18. The van der Waals surface area contributed by atoms with Crippen LogP contribution in [0.15, 0.2) is 23.1 Å². The lowest BCUT2D eigenvalue weighted by Gasteiger charge is -2.37. The second-order valence-corrected chi connectivity index (χ2v) is 6.80. The highest BCUT2D eigenvalue weighted by atomic mass is 32.2. The van der Waals surface area contributed by atoms with E-state index in [1.165, 1.54) is 16.4 Å². The lowest BCUT2D eigenvalue weighted by Crippen LogP contribution is -2.52. The lowest BCUT2D eigenvalue weighted by molar-refractivity contribution is 0.170. The fourth-order valence-corrected chi connectivity index (χ4v) is 3.95. The smallest absolute Gasteiger partial charge is 0.243 e. The van der Waals surface area contributed by atoms with Crippen molar-refractivity contribution in [1.82, 2.24) is 9.21 Å². The van der Waals surface area contributed by atoms with E-state index in [-0.39, 0.29) is 16.6 Å². The predicted molar refractivity (Wildman–Crippen MR) is 71.7 cm³/mol. The second-order valence-electron chi connectivity index (χ2n) is 4.91. The molecule has 1 heterocycles. The van der Waals surface area contributed by atoms with Gasteiger partial charge in [-0.05, 0) is 32.2 Å². The average molecular weight is 287 g/mol. The molecule has 1 atom stereocenters. The number of likely N-dealkylation sites (N-methyl/N-ethyl adjacent to an activating group) is 1. The minimum absolute atomic E-state index is 0.0443. The van der Waals surface area contributed by atoms with Crippen LogP contribution in [0.3, 0.4) is 0 Å². The van der Waals surface area contributed by atoms with Gasteiger partial charge >= 0.3 is 0 Å². The summed E-state index contributed by atoms with van der Waals surface area (Å²) in [6, 6.07) is 3.40. The Morgan fingerprint density at radius 3 is 2.63 bits per heavy atom. The summed E-state index contributed by atoms with van der Waals surface area (Å²) in [6.07, 6.45) is 0. The first-order valence-corrected chi connectivity index (χ1v) is 7.52. The van der Waals surface area contributed by atoms with Crippen molar-refractivity contribution in [2.75, 3.05) is 32.4 Å². The first-order valence-electron chi connectivity index (χ1n) is 6.08.